The second kappa shape index (κ2) is 8.56. The van der Waals surface area contributed by atoms with Crippen molar-refractivity contribution in [3.8, 4) is 17.2 Å². The van der Waals surface area contributed by atoms with Crippen molar-refractivity contribution in [1.29, 1.82) is 0 Å². The van der Waals surface area contributed by atoms with Gasteiger partial charge in [0.1, 0.15) is 23.4 Å². The Bertz CT molecular complexity index is 949. The number of phenols is 2. The van der Waals surface area contributed by atoms with Gasteiger partial charge in [-0.2, -0.15) is 0 Å². The number of benzene rings is 2. The second-order valence-electron chi connectivity index (χ2n) is 8.07. The Morgan fingerprint density at radius 2 is 1.59 bits per heavy atom. The predicted octanol–water partition coefficient (Wildman–Crippen LogP) is 5.82. The molecule has 0 fully saturated rings. The normalized spacial score (nSPS) is 15.3. The van der Waals surface area contributed by atoms with Crippen molar-refractivity contribution in [2.75, 3.05) is 0 Å². The summed E-state index contributed by atoms with van der Waals surface area (Å²) in [5.74, 6) is 0.748. The fourth-order valence-electron chi connectivity index (χ4n) is 3.41. The van der Waals surface area contributed by atoms with Crippen LogP contribution in [0.4, 0.5) is 0 Å². The molecule has 0 bridgehead atoms. The summed E-state index contributed by atoms with van der Waals surface area (Å²) in [7, 11) is 0. The van der Waals surface area contributed by atoms with Gasteiger partial charge in [0.15, 0.2) is 5.78 Å². The van der Waals surface area contributed by atoms with Gasteiger partial charge in [-0.3, -0.25) is 4.79 Å². The maximum atomic E-state index is 12.6. The van der Waals surface area contributed by atoms with Gasteiger partial charge in [0.2, 0.25) is 0 Å². The molecule has 1 atom stereocenters. The van der Waals surface area contributed by atoms with Gasteiger partial charge >= 0.3 is 0 Å². The summed E-state index contributed by atoms with van der Waals surface area (Å²) in [6.45, 7) is 8.10. The molecular formula is C25H28O4. The standard InChI is InChI=1S/C25H28O4/c1-15(2)5-7-17-11-19(12-18(25(17)28)8-6-16(3)4)23-14-22(27)21-10-9-20(26)13-24(21)29-23/h5-6,9-13,23,26,28H,7-8,14H2,1-4H3/t23-/m1/s1. The largest absolute Gasteiger partial charge is 0.508 e. The van der Waals surface area contributed by atoms with Crippen LogP contribution in [0.15, 0.2) is 53.6 Å². The third-order valence-corrected chi connectivity index (χ3v) is 5.03. The van der Waals surface area contributed by atoms with Crippen LogP contribution in [0.5, 0.6) is 17.2 Å². The van der Waals surface area contributed by atoms with Gasteiger partial charge in [-0.15, -0.1) is 0 Å². The van der Waals surface area contributed by atoms with Crippen LogP contribution in [0.25, 0.3) is 0 Å². The van der Waals surface area contributed by atoms with Gasteiger partial charge in [-0.25, -0.2) is 0 Å². The van der Waals surface area contributed by atoms with Crippen LogP contribution >= 0.6 is 0 Å². The first-order chi connectivity index (χ1) is 13.7. The lowest BCUT2D eigenvalue weighted by molar-refractivity contribution is 0.0849. The molecule has 0 amide bonds. The average Bonchev–Trinajstić information content (AvgIpc) is 2.65. The number of ketones is 1. The number of carbonyl (C=O) groups is 1. The van der Waals surface area contributed by atoms with Gasteiger partial charge in [0.25, 0.3) is 0 Å². The molecule has 1 heterocycles. The highest BCUT2D eigenvalue weighted by molar-refractivity contribution is 6.00. The van der Waals surface area contributed by atoms with Crippen LogP contribution < -0.4 is 4.74 Å². The van der Waals surface area contributed by atoms with Crippen molar-refractivity contribution in [1.82, 2.24) is 0 Å². The Hall–Kier alpha value is -3.01. The van der Waals surface area contributed by atoms with Crippen LogP contribution in [-0.4, -0.2) is 16.0 Å². The number of fused-ring (bicyclic) bond motifs is 1. The Morgan fingerprint density at radius 3 is 2.14 bits per heavy atom. The molecular weight excluding hydrogens is 364 g/mol. The Labute approximate surface area is 172 Å². The summed E-state index contributed by atoms with van der Waals surface area (Å²) in [6.07, 6.45) is 5.15. The zero-order chi connectivity index (χ0) is 21.1. The van der Waals surface area contributed by atoms with E-state index < -0.39 is 6.10 Å². The number of carbonyl (C=O) groups excluding carboxylic acids is 1. The fourth-order valence-corrected chi connectivity index (χ4v) is 3.41. The van der Waals surface area contributed by atoms with Crippen molar-refractivity contribution in [3.05, 3.63) is 75.9 Å². The van der Waals surface area contributed by atoms with Crippen LogP contribution in [0.3, 0.4) is 0 Å². The first kappa shape index (κ1) is 20.7. The Morgan fingerprint density at radius 1 is 1.00 bits per heavy atom. The summed E-state index contributed by atoms with van der Waals surface area (Å²) < 4.78 is 6.08. The molecule has 0 unspecified atom stereocenters. The van der Waals surface area contributed by atoms with Gasteiger partial charge in [0.05, 0.1) is 12.0 Å². The van der Waals surface area contributed by atoms with E-state index in [0.717, 1.165) is 16.7 Å². The van der Waals surface area contributed by atoms with Crippen molar-refractivity contribution in [2.24, 2.45) is 0 Å². The van der Waals surface area contributed by atoms with E-state index in [0.29, 0.717) is 29.9 Å². The zero-order valence-electron chi connectivity index (χ0n) is 17.5. The van der Waals surface area contributed by atoms with Crippen LogP contribution in [-0.2, 0) is 12.8 Å². The molecule has 4 heteroatoms. The second-order valence-corrected chi connectivity index (χ2v) is 8.07. The highest BCUT2D eigenvalue weighted by Crippen LogP contribution is 2.39. The molecule has 4 nitrogen and oxygen atoms in total. The molecule has 29 heavy (non-hydrogen) atoms. The maximum absolute atomic E-state index is 12.6. The minimum absolute atomic E-state index is 0.0129. The van der Waals surface area contributed by atoms with E-state index in [1.54, 1.807) is 6.07 Å². The molecule has 1 aliphatic heterocycles. The first-order valence-corrected chi connectivity index (χ1v) is 9.89. The third kappa shape index (κ3) is 4.89. The average molecular weight is 392 g/mol. The van der Waals surface area contributed by atoms with Gasteiger partial charge in [0, 0.05) is 6.07 Å². The highest BCUT2D eigenvalue weighted by atomic mass is 16.5. The quantitative estimate of drug-likeness (QED) is 0.629. The zero-order valence-corrected chi connectivity index (χ0v) is 17.5. The van der Waals surface area contributed by atoms with E-state index in [4.69, 9.17) is 4.74 Å². The Balaban J connectivity index is 2.02. The number of phenolic OH excluding ortho intramolecular Hbond substituents is 2. The van der Waals surface area contributed by atoms with E-state index in [9.17, 15) is 15.0 Å². The number of rotatable bonds is 5. The minimum Gasteiger partial charge on any atom is -0.508 e. The molecule has 0 aromatic heterocycles. The first-order valence-electron chi connectivity index (χ1n) is 9.89. The minimum atomic E-state index is -0.451. The summed E-state index contributed by atoms with van der Waals surface area (Å²) in [6, 6.07) is 8.42. The number of hydrogen-bond acceptors (Lipinski definition) is 4. The smallest absolute Gasteiger partial charge is 0.170 e. The molecule has 1 aliphatic rings. The van der Waals surface area contributed by atoms with Crippen LogP contribution in [0.2, 0.25) is 0 Å². The molecule has 152 valence electrons. The summed E-state index contributed by atoms with van der Waals surface area (Å²) in [5.41, 5.74) is 5.34. The third-order valence-electron chi connectivity index (χ3n) is 5.03. The molecule has 0 radical (unpaired) electrons. The molecule has 0 saturated carbocycles. The molecule has 0 aliphatic carbocycles. The number of ether oxygens (including phenoxy) is 1. The van der Waals surface area contributed by atoms with E-state index in [2.05, 4.69) is 12.2 Å². The molecule has 2 N–H and O–H groups in total. The molecule has 2 aromatic rings. The van der Waals surface area contributed by atoms with Gasteiger partial charge in [-0.1, -0.05) is 23.3 Å². The predicted molar refractivity (Wildman–Crippen MR) is 115 cm³/mol. The lowest BCUT2D eigenvalue weighted by Gasteiger charge is -2.26. The van der Waals surface area contributed by atoms with E-state index in [-0.39, 0.29) is 18.0 Å². The maximum Gasteiger partial charge on any atom is 0.170 e. The topological polar surface area (TPSA) is 66.8 Å². The number of hydrogen-bond donors (Lipinski definition) is 2. The lowest BCUT2D eigenvalue weighted by Crippen LogP contribution is -2.20. The molecule has 3 rings (SSSR count). The van der Waals surface area contributed by atoms with Crippen LogP contribution in [0.1, 0.15) is 67.3 Å². The van der Waals surface area contributed by atoms with Gasteiger partial charge < -0.3 is 14.9 Å². The van der Waals surface area contributed by atoms with E-state index in [1.807, 2.05) is 39.8 Å². The molecule has 0 saturated heterocycles. The number of Topliss-reactive ketones (excluding diaryl/α,β-unsaturated/α-hetero) is 1. The van der Waals surface area contributed by atoms with Crippen molar-refractivity contribution in [3.63, 3.8) is 0 Å². The molecule has 2 aromatic carbocycles. The van der Waals surface area contributed by atoms with E-state index >= 15 is 0 Å². The summed E-state index contributed by atoms with van der Waals surface area (Å²) in [5, 5.41) is 20.5. The lowest BCUT2D eigenvalue weighted by atomic mass is 9.91. The SMILES string of the molecule is CC(C)=CCc1cc([C@H]2CC(=O)c3ccc(O)cc3O2)cc(CC=C(C)C)c1O. The number of aromatic hydroxyl groups is 2. The Kier molecular flexibility index (Phi) is 6.12. The number of allylic oxidation sites excluding steroid dienone is 4. The van der Waals surface area contributed by atoms with E-state index in [1.165, 1.54) is 23.3 Å². The van der Waals surface area contributed by atoms with Gasteiger partial charge in [-0.05, 0) is 81.5 Å². The fraction of sp³-hybridized carbons (Fsp3) is 0.320. The summed E-state index contributed by atoms with van der Waals surface area (Å²) in [4.78, 5) is 12.6. The monoisotopic (exact) mass is 392 g/mol. The van der Waals surface area contributed by atoms with Crippen LogP contribution in [0, 0.1) is 0 Å². The summed E-state index contributed by atoms with van der Waals surface area (Å²) >= 11 is 0. The highest BCUT2D eigenvalue weighted by Gasteiger charge is 2.29. The van der Waals surface area contributed by atoms with Crippen molar-refractivity contribution in [2.45, 2.75) is 53.1 Å². The van der Waals surface area contributed by atoms with Crippen molar-refractivity contribution >= 4 is 5.78 Å². The molecule has 0 spiro atoms. The van der Waals surface area contributed by atoms with Crippen molar-refractivity contribution < 1.29 is 19.7 Å².